The van der Waals surface area contributed by atoms with Gasteiger partial charge in [-0.05, 0) is 24.3 Å². The molecule has 0 radical (unpaired) electrons. The van der Waals surface area contributed by atoms with Crippen LogP contribution < -0.4 is 10.1 Å². The molecule has 0 atom stereocenters. The monoisotopic (exact) mass is 280 g/mol. The highest BCUT2D eigenvalue weighted by molar-refractivity contribution is 6.32. The number of nitrogens with one attached hydrogen (secondary N) is 1. The van der Waals surface area contributed by atoms with Crippen molar-refractivity contribution < 1.29 is 13.9 Å². The van der Waals surface area contributed by atoms with Crippen LogP contribution in [0.3, 0.4) is 0 Å². The van der Waals surface area contributed by atoms with Crippen molar-refractivity contribution in [1.29, 1.82) is 0 Å². The summed E-state index contributed by atoms with van der Waals surface area (Å²) in [5, 5.41) is 2.62. The Hall–Kier alpha value is -2.14. The van der Waals surface area contributed by atoms with E-state index in [0.29, 0.717) is 5.69 Å². The first-order valence-corrected chi connectivity index (χ1v) is 5.75. The summed E-state index contributed by atoms with van der Waals surface area (Å²) in [4.78, 5) is 15.9. The Morgan fingerprint density at radius 1 is 1.37 bits per heavy atom. The maximum Gasteiger partial charge on any atom is 0.262 e. The molecule has 0 bridgehead atoms. The smallest absolute Gasteiger partial charge is 0.262 e. The number of rotatable bonds is 3. The summed E-state index contributed by atoms with van der Waals surface area (Å²) >= 11 is 5.82. The molecule has 2 aromatic rings. The number of anilines is 1. The van der Waals surface area contributed by atoms with Crippen LogP contribution in [0.4, 0.5) is 10.1 Å². The Bertz CT molecular complexity index is 619. The second-order valence-electron chi connectivity index (χ2n) is 3.61. The van der Waals surface area contributed by atoms with Crippen LogP contribution in [-0.2, 0) is 0 Å². The van der Waals surface area contributed by atoms with Gasteiger partial charge in [-0.2, -0.15) is 0 Å². The fourth-order valence-corrected chi connectivity index (χ4v) is 1.73. The number of halogens is 2. The Morgan fingerprint density at radius 2 is 2.16 bits per heavy atom. The van der Waals surface area contributed by atoms with E-state index in [1.165, 1.54) is 31.5 Å². The summed E-state index contributed by atoms with van der Waals surface area (Å²) in [5.41, 5.74) is 0.129. The van der Waals surface area contributed by atoms with Gasteiger partial charge < -0.3 is 10.1 Å². The summed E-state index contributed by atoms with van der Waals surface area (Å²) in [6, 6.07) is 7.33. The first kappa shape index (κ1) is 13.3. The summed E-state index contributed by atoms with van der Waals surface area (Å²) in [5.74, 6) is -1.17. The average Bonchev–Trinajstić information content (AvgIpc) is 2.40. The normalized spacial score (nSPS) is 10.1. The molecule has 4 nitrogen and oxygen atoms in total. The van der Waals surface area contributed by atoms with Gasteiger partial charge in [-0.25, -0.2) is 9.37 Å². The molecule has 1 aromatic carbocycles. The van der Waals surface area contributed by atoms with Gasteiger partial charge in [-0.1, -0.05) is 17.7 Å². The fraction of sp³-hybridized carbons (Fsp3) is 0.0769. The second kappa shape index (κ2) is 5.67. The first-order chi connectivity index (χ1) is 9.13. The number of methoxy groups -OCH3 is 1. The molecule has 1 aromatic heterocycles. The lowest BCUT2D eigenvalue weighted by molar-refractivity contribution is 0.102. The second-order valence-corrected chi connectivity index (χ2v) is 3.97. The number of carbonyl (C=O) groups is 1. The standard InChI is InChI=1S/C13H10ClFN2O2/c1-19-10-6-2-4-8(15)11(10)13(18)17-9-5-3-7-16-12(9)14/h2-7H,1H3,(H,17,18). The average molecular weight is 281 g/mol. The van der Waals surface area contributed by atoms with Crippen molar-refractivity contribution in [3.05, 3.63) is 53.1 Å². The molecule has 0 saturated carbocycles. The van der Waals surface area contributed by atoms with Gasteiger partial charge >= 0.3 is 0 Å². The number of carbonyl (C=O) groups excluding carboxylic acids is 1. The van der Waals surface area contributed by atoms with Crippen molar-refractivity contribution in [2.45, 2.75) is 0 Å². The molecule has 6 heteroatoms. The molecule has 1 heterocycles. The molecule has 1 N–H and O–H groups in total. The third kappa shape index (κ3) is 2.82. The largest absolute Gasteiger partial charge is 0.496 e. The highest BCUT2D eigenvalue weighted by atomic mass is 35.5. The minimum absolute atomic E-state index is 0.131. The summed E-state index contributed by atoms with van der Waals surface area (Å²) in [6.07, 6.45) is 1.49. The fourth-order valence-electron chi connectivity index (χ4n) is 1.56. The summed E-state index contributed by atoms with van der Waals surface area (Å²) < 4.78 is 18.7. The minimum atomic E-state index is -0.670. The Morgan fingerprint density at radius 3 is 2.84 bits per heavy atom. The van der Waals surface area contributed by atoms with Crippen LogP contribution in [0.2, 0.25) is 5.15 Å². The van der Waals surface area contributed by atoms with Crippen LogP contribution >= 0.6 is 11.6 Å². The molecule has 0 aliphatic heterocycles. The SMILES string of the molecule is COc1cccc(F)c1C(=O)Nc1cccnc1Cl. The lowest BCUT2D eigenvalue weighted by Gasteiger charge is -2.10. The number of amides is 1. The minimum Gasteiger partial charge on any atom is -0.496 e. The zero-order valence-electron chi connectivity index (χ0n) is 9.98. The van der Waals surface area contributed by atoms with Gasteiger partial charge in [0.2, 0.25) is 0 Å². The molecule has 1 amide bonds. The van der Waals surface area contributed by atoms with E-state index in [4.69, 9.17) is 16.3 Å². The lowest BCUT2D eigenvalue weighted by Crippen LogP contribution is -2.15. The third-order valence-electron chi connectivity index (χ3n) is 2.43. The van der Waals surface area contributed by atoms with E-state index >= 15 is 0 Å². The van der Waals surface area contributed by atoms with Crippen LogP contribution in [0.25, 0.3) is 0 Å². The van der Waals surface area contributed by atoms with Gasteiger partial charge in [-0.15, -0.1) is 0 Å². The van der Waals surface area contributed by atoms with E-state index in [1.807, 2.05) is 0 Å². The van der Waals surface area contributed by atoms with Gasteiger partial charge in [0.15, 0.2) is 5.15 Å². The zero-order valence-corrected chi connectivity index (χ0v) is 10.7. The maximum atomic E-state index is 13.7. The number of hydrogen-bond donors (Lipinski definition) is 1. The molecule has 0 saturated heterocycles. The van der Waals surface area contributed by atoms with E-state index in [1.54, 1.807) is 12.1 Å². The van der Waals surface area contributed by atoms with Gasteiger partial charge in [0.25, 0.3) is 5.91 Å². The molecule has 0 aliphatic rings. The molecule has 0 spiro atoms. The molecular weight excluding hydrogens is 271 g/mol. The van der Waals surface area contributed by atoms with Gasteiger partial charge in [0.1, 0.15) is 17.1 Å². The number of benzene rings is 1. The van der Waals surface area contributed by atoms with Crippen molar-refractivity contribution in [2.75, 3.05) is 12.4 Å². The van der Waals surface area contributed by atoms with E-state index in [-0.39, 0.29) is 16.5 Å². The molecule has 19 heavy (non-hydrogen) atoms. The van der Waals surface area contributed by atoms with E-state index in [9.17, 15) is 9.18 Å². The Balaban J connectivity index is 2.33. The van der Waals surface area contributed by atoms with Crippen LogP contribution in [0.15, 0.2) is 36.5 Å². The number of aromatic nitrogens is 1. The van der Waals surface area contributed by atoms with Crippen LogP contribution in [0.1, 0.15) is 10.4 Å². The maximum absolute atomic E-state index is 13.7. The van der Waals surface area contributed by atoms with Gasteiger partial charge in [0, 0.05) is 6.20 Å². The van der Waals surface area contributed by atoms with Crippen molar-refractivity contribution in [3.63, 3.8) is 0 Å². The van der Waals surface area contributed by atoms with Gasteiger partial charge in [-0.3, -0.25) is 4.79 Å². The van der Waals surface area contributed by atoms with E-state index < -0.39 is 11.7 Å². The van der Waals surface area contributed by atoms with Crippen molar-refractivity contribution in [1.82, 2.24) is 4.98 Å². The highest BCUT2D eigenvalue weighted by Gasteiger charge is 2.18. The number of pyridine rings is 1. The summed E-state index contributed by atoms with van der Waals surface area (Å²) in [6.45, 7) is 0. The van der Waals surface area contributed by atoms with Crippen LogP contribution in [0, 0.1) is 5.82 Å². The van der Waals surface area contributed by atoms with Gasteiger partial charge in [0.05, 0.1) is 12.8 Å². The molecule has 2 rings (SSSR count). The predicted octanol–water partition coefficient (Wildman–Crippen LogP) is 3.14. The van der Waals surface area contributed by atoms with Crippen molar-refractivity contribution >= 4 is 23.2 Å². The Kier molecular flexibility index (Phi) is 3.97. The van der Waals surface area contributed by atoms with E-state index in [0.717, 1.165) is 0 Å². The van der Waals surface area contributed by atoms with E-state index in [2.05, 4.69) is 10.3 Å². The van der Waals surface area contributed by atoms with Crippen molar-refractivity contribution in [2.24, 2.45) is 0 Å². The number of ether oxygens (including phenoxy) is 1. The molecule has 0 unspecified atom stereocenters. The molecule has 0 aliphatic carbocycles. The van der Waals surface area contributed by atoms with Crippen LogP contribution in [-0.4, -0.2) is 18.0 Å². The molecule has 98 valence electrons. The predicted molar refractivity (Wildman–Crippen MR) is 70.2 cm³/mol. The number of hydrogen-bond acceptors (Lipinski definition) is 3. The Labute approximate surface area is 114 Å². The lowest BCUT2D eigenvalue weighted by atomic mass is 10.1. The van der Waals surface area contributed by atoms with Crippen LogP contribution in [0.5, 0.6) is 5.75 Å². The first-order valence-electron chi connectivity index (χ1n) is 5.38. The highest BCUT2D eigenvalue weighted by Crippen LogP contribution is 2.24. The zero-order chi connectivity index (χ0) is 13.8. The quantitative estimate of drug-likeness (QED) is 0.879. The summed E-state index contributed by atoms with van der Waals surface area (Å²) in [7, 11) is 1.36. The molecular formula is C13H10ClFN2O2. The van der Waals surface area contributed by atoms with Crippen molar-refractivity contribution in [3.8, 4) is 5.75 Å². The molecule has 0 fully saturated rings. The third-order valence-corrected chi connectivity index (χ3v) is 2.73. The topological polar surface area (TPSA) is 51.2 Å². The number of nitrogens with zero attached hydrogens (tertiary/aromatic N) is 1.